The van der Waals surface area contributed by atoms with Crippen LogP contribution in [0.4, 0.5) is 0 Å². The van der Waals surface area contributed by atoms with Gasteiger partial charge < -0.3 is 0 Å². The fraction of sp³-hybridized carbons (Fsp3) is 0.800. The van der Waals surface area contributed by atoms with Crippen LogP contribution in [0.1, 0.15) is 38.5 Å². The van der Waals surface area contributed by atoms with Crippen LogP contribution in [0, 0.1) is 0 Å². The van der Waals surface area contributed by atoms with Crippen LogP contribution in [0.3, 0.4) is 0 Å². The molecule has 0 aromatic carbocycles. The van der Waals surface area contributed by atoms with Gasteiger partial charge in [0.05, 0.1) is 21.6 Å². The largest absolute Gasteiger partial charge is 0.254 e. The van der Waals surface area contributed by atoms with Gasteiger partial charge in [0.1, 0.15) is 4.24 Å². The van der Waals surface area contributed by atoms with E-state index in [1.807, 2.05) is 0 Å². The highest BCUT2D eigenvalue weighted by Crippen LogP contribution is 2.30. The van der Waals surface area contributed by atoms with Crippen molar-refractivity contribution < 1.29 is 8.42 Å². The fourth-order valence-electron chi connectivity index (χ4n) is 2.11. The number of allylic oxidation sites excluding steroid dienone is 1. The zero-order chi connectivity index (χ0) is 9.97. The molecule has 2 fully saturated rings. The molecule has 1 heterocycles. The van der Waals surface area contributed by atoms with Crippen molar-refractivity contribution in [3.63, 3.8) is 0 Å². The molecule has 0 amide bonds. The molecule has 0 bridgehead atoms. The van der Waals surface area contributed by atoms with Gasteiger partial charge in [-0.15, -0.1) is 0 Å². The van der Waals surface area contributed by atoms with Crippen LogP contribution in [-0.4, -0.2) is 19.9 Å². The van der Waals surface area contributed by atoms with E-state index in [1.54, 1.807) is 0 Å². The summed E-state index contributed by atoms with van der Waals surface area (Å²) in [4.78, 5) is 0. The normalized spacial score (nSPS) is 34.6. The molecule has 1 aliphatic carbocycles. The van der Waals surface area contributed by atoms with Gasteiger partial charge in [-0.3, -0.25) is 8.42 Å². The van der Waals surface area contributed by atoms with Crippen molar-refractivity contribution in [3.8, 4) is 0 Å². The van der Waals surface area contributed by atoms with Crippen molar-refractivity contribution in [3.05, 3.63) is 9.81 Å². The zero-order valence-corrected chi connectivity index (χ0v) is 9.92. The minimum atomic E-state index is -0.926. The molecule has 14 heavy (non-hydrogen) atoms. The molecule has 4 heteroatoms. The third kappa shape index (κ3) is 2.16. The monoisotopic (exact) mass is 232 g/mol. The number of rotatable bonds is 0. The standard InChI is InChI=1S/C10H16O2S2/c11-13-7-4-8-14(12)10(13)9-5-2-1-3-6-9/h1-8H2/t13-,14+. The Morgan fingerprint density at radius 2 is 1.36 bits per heavy atom. The van der Waals surface area contributed by atoms with Gasteiger partial charge in [-0.1, -0.05) is 6.42 Å². The average Bonchev–Trinajstić information content (AvgIpc) is 2.19. The van der Waals surface area contributed by atoms with Crippen molar-refractivity contribution in [2.75, 3.05) is 11.5 Å². The maximum absolute atomic E-state index is 11.8. The first-order valence-corrected chi connectivity index (χ1v) is 7.91. The van der Waals surface area contributed by atoms with Gasteiger partial charge in [0.2, 0.25) is 0 Å². The Morgan fingerprint density at radius 3 is 1.93 bits per heavy atom. The molecule has 0 unspecified atom stereocenters. The van der Waals surface area contributed by atoms with Crippen molar-refractivity contribution in [2.24, 2.45) is 0 Å². The highest BCUT2D eigenvalue weighted by Gasteiger charge is 2.25. The lowest BCUT2D eigenvalue weighted by Crippen LogP contribution is -2.19. The second-order valence-electron chi connectivity index (χ2n) is 3.90. The molecule has 1 saturated heterocycles. The fourth-order valence-corrected chi connectivity index (χ4v) is 5.86. The first-order valence-electron chi connectivity index (χ1n) is 5.28. The van der Waals surface area contributed by atoms with E-state index in [4.69, 9.17) is 0 Å². The van der Waals surface area contributed by atoms with Gasteiger partial charge in [-0.25, -0.2) is 0 Å². The van der Waals surface area contributed by atoms with Crippen LogP contribution in [0.5, 0.6) is 0 Å². The summed E-state index contributed by atoms with van der Waals surface area (Å²) >= 11 is 0. The molecular weight excluding hydrogens is 216 g/mol. The lowest BCUT2D eigenvalue weighted by atomic mass is 9.96. The summed E-state index contributed by atoms with van der Waals surface area (Å²) in [6.07, 6.45) is 6.58. The molecule has 0 aromatic heterocycles. The van der Waals surface area contributed by atoms with Crippen molar-refractivity contribution in [2.45, 2.75) is 38.5 Å². The molecule has 2 atom stereocenters. The van der Waals surface area contributed by atoms with Crippen molar-refractivity contribution in [1.29, 1.82) is 0 Å². The molecule has 0 aromatic rings. The summed E-state index contributed by atoms with van der Waals surface area (Å²) in [5, 5.41) is 0. The van der Waals surface area contributed by atoms with Crippen LogP contribution in [0.2, 0.25) is 0 Å². The highest BCUT2D eigenvalue weighted by atomic mass is 32.2. The summed E-state index contributed by atoms with van der Waals surface area (Å²) in [5.74, 6) is 1.45. The summed E-state index contributed by atoms with van der Waals surface area (Å²) in [5.41, 5.74) is 1.26. The Balaban J connectivity index is 2.26. The number of hydrogen-bond donors (Lipinski definition) is 0. The Hall–Kier alpha value is 0.0400. The third-order valence-electron chi connectivity index (χ3n) is 2.82. The average molecular weight is 232 g/mol. The minimum absolute atomic E-state index is 0.727. The summed E-state index contributed by atoms with van der Waals surface area (Å²) in [7, 11) is -1.85. The zero-order valence-electron chi connectivity index (χ0n) is 8.29. The summed E-state index contributed by atoms with van der Waals surface area (Å²) in [6, 6.07) is 0. The second-order valence-corrected chi connectivity index (χ2v) is 7.18. The van der Waals surface area contributed by atoms with E-state index in [0.29, 0.717) is 0 Å². The third-order valence-corrected chi connectivity index (χ3v) is 6.66. The van der Waals surface area contributed by atoms with Crippen LogP contribution < -0.4 is 0 Å². The molecular formula is C10H16O2S2. The van der Waals surface area contributed by atoms with E-state index in [1.165, 1.54) is 24.8 Å². The number of hydrogen-bond acceptors (Lipinski definition) is 2. The van der Waals surface area contributed by atoms with Crippen LogP contribution in [-0.2, 0) is 21.6 Å². The molecule has 0 N–H and O–H groups in total. The van der Waals surface area contributed by atoms with E-state index in [-0.39, 0.29) is 0 Å². The first kappa shape index (κ1) is 10.6. The van der Waals surface area contributed by atoms with Crippen LogP contribution >= 0.6 is 0 Å². The van der Waals surface area contributed by atoms with Gasteiger partial charge in [0, 0.05) is 11.5 Å². The molecule has 0 spiro atoms. The van der Waals surface area contributed by atoms with E-state index < -0.39 is 21.6 Å². The topological polar surface area (TPSA) is 34.1 Å². The van der Waals surface area contributed by atoms with E-state index in [2.05, 4.69) is 0 Å². The Morgan fingerprint density at radius 1 is 0.786 bits per heavy atom. The van der Waals surface area contributed by atoms with Gasteiger partial charge in [0.15, 0.2) is 0 Å². The van der Waals surface area contributed by atoms with Gasteiger partial charge >= 0.3 is 0 Å². The van der Waals surface area contributed by atoms with Crippen molar-refractivity contribution >= 4 is 21.6 Å². The molecule has 1 saturated carbocycles. The molecule has 80 valence electrons. The predicted molar refractivity (Wildman–Crippen MR) is 60.7 cm³/mol. The maximum Gasteiger partial charge on any atom is 0.102 e. The Kier molecular flexibility index (Phi) is 3.55. The second kappa shape index (κ2) is 4.71. The van der Waals surface area contributed by atoms with Gasteiger partial charge in [0.25, 0.3) is 0 Å². The van der Waals surface area contributed by atoms with Crippen molar-refractivity contribution in [1.82, 2.24) is 0 Å². The highest BCUT2D eigenvalue weighted by molar-refractivity contribution is 8.09. The van der Waals surface area contributed by atoms with Crippen LogP contribution in [0.25, 0.3) is 0 Å². The quantitative estimate of drug-likeness (QED) is 0.640. The van der Waals surface area contributed by atoms with Crippen LogP contribution in [0.15, 0.2) is 9.81 Å². The Labute approximate surface area is 90.1 Å². The maximum atomic E-state index is 11.8. The first-order chi connectivity index (χ1) is 6.79. The summed E-state index contributed by atoms with van der Waals surface area (Å²) < 4.78 is 24.3. The van der Waals surface area contributed by atoms with E-state index in [9.17, 15) is 8.42 Å². The minimum Gasteiger partial charge on any atom is -0.254 e. The van der Waals surface area contributed by atoms with E-state index >= 15 is 0 Å². The molecule has 2 aliphatic rings. The predicted octanol–water partition coefficient (Wildman–Crippen LogP) is 2.06. The lowest BCUT2D eigenvalue weighted by Gasteiger charge is -2.21. The lowest BCUT2D eigenvalue weighted by molar-refractivity contribution is 0.597. The Bertz CT molecular complexity index is 281. The molecule has 1 aliphatic heterocycles. The molecule has 0 radical (unpaired) electrons. The van der Waals surface area contributed by atoms with Gasteiger partial charge in [-0.2, -0.15) is 0 Å². The molecule has 2 rings (SSSR count). The summed E-state index contributed by atoms with van der Waals surface area (Å²) in [6.45, 7) is 0. The smallest absolute Gasteiger partial charge is 0.102 e. The van der Waals surface area contributed by atoms with Gasteiger partial charge in [-0.05, 0) is 37.7 Å². The van der Waals surface area contributed by atoms with E-state index in [0.717, 1.165) is 35.0 Å². The SMILES string of the molecule is O=[S@@]1CCC[S@](=O)C1=C1CCCCC1. The molecule has 2 nitrogen and oxygen atoms in total.